The summed E-state index contributed by atoms with van der Waals surface area (Å²) >= 11 is 0. The number of aldehydes is 1. The number of ether oxygens (including phenoxy) is 2. The smallest absolute Gasteiger partial charge is 0.231 e. The molecule has 0 saturated carbocycles. The standard InChI is InChI=1S/C14H16O3/c15-10-5-3-1-2-4-7-12-8-6-9-13-14(12)17-11-16-13/h1-2,6,8-10H,3-5,7,11H2. The number of unbranched alkanes of at least 4 members (excludes halogenated alkanes) is 1. The number of para-hydroxylation sites is 1. The molecule has 0 atom stereocenters. The lowest BCUT2D eigenvalue weighted by Crippen LogP contribution is -1.94. The molecule has 0 saturated heterocycles. The highest BCUT2D eigenvalue weighted by atomic mass is 16.7. The second kappa shape index (κ2) is 6.09. The van der Waals surface area contributed by atoms with E-state index in [0.29, 0.717) is 13.2 Å². The number of benzene rings is 1. The predicted molar refractivity (Wildman–Crippen MR) is 65.3 cm³/mol. The summed E-state index contributed by atoms with van der Waals surface area (Å²) in [6.07, 6.45) is 8.43. The van der Waals surface area contributed by atoms with Gasteiger partial charge >= 0.3 is 0 Å². The van der Waals surface area contributed by atoms with Crippen molar-refractivity contribution in [1.82, 2.24) is 0 Å². The van der Waals surface area contributed by atoms with Crippen LogP contribution in [0.3, 0.4) is 0 Å². The summed E-state index contributed by atoms with van der Waals surface area (Å²) in [5.74, 6) is 1.72. The van der Waals surface area contributed by atoms with Crippen molar-refractivity contribution in [2.75, 3.05) is 6.79 Å². The van der Waals surface area contributed by atoms with Gasteiger partial charge in [-0.05, 0) is 30.9 Å². The molecule has 3 nitrogen and oxygen atoms in total. The van der Waals surface area contributed by atoms with E-state index in [0.717, 1.165) is 37.0 Å². The van der Waals surface area contributed by atoms with E-state index >= 15 is 0 Å². The van der Waals surface area contributed by atoms with E-state index < -0.39 is 0 Å². The summed E-state index contributed by atoms with van der Waals surface area (Å²) < 4.78 is 10.8. The summed E-state index contributed by atoms with van der Waals surface area (Å²) in [6.45, 7) is 0.321. The molecule has 90 valence electrons. The topological polar surface area (TPSA) is 35.5 Å². The van der Waals surface area contributed by atoms with E-state index in [1.807, 2.05) is 12.1 Å². The Kier molecular flexibility index (Phi) is 4.19. The van der Waals surface area contributed by atoms with Gasteiger partial charge in [0.25, 0.3) is 0 Å². The molecule has 0 radical (unpaired) electrons. The van der Waals surface area contributed by atoms with Crippen molar-refractivity contribution >= 4 is 6.29 Å². The quantitative estimate of drug-likeness (QED) is 0.430. The highest BCUT2D eigenvalue weighted by Crippen LogP contribution is 2.35. The third-order valence-electron chi connectivity index (χ3n) is 2.68. The average Bonchev–Trinajstić information content (AvgIpc) is 2.82. The van der Waals surface area contributed by atoms with Crippen molar-refractivity contribution in [2.24, 2.45) is 0 Å². The van der Waals surface area contributed by atoms with Crippen LogP contribution in [0.4, 0.5) is 0 Å². The summed E-state index contributed by atoms with van der Waals surface area (Å²) in [5.41, 5.74) is 1.18. The van der Waals surface area contributed by atoms with Gasteiger partial charge < -0.3 is 14.3 Å². The second-order valence-electron chi connectivity index (χ2n) is 3.91. The number of fused-ring (bicyclic) bond motifs is 1. The maximum Gasteiger partial charge on any atom is 0.231 e. The minimum Gasteiger partial charge on any atom is -0.454 e. The summed E-state index contributed by atoms with van der Waals surface area (Å²) in [7, 11) is 0. The fourth-order valence-electron chi connectivity index (χ4n) is 1.83. The van der Waals surface area contributed by atoms with Crippen LogP contribution in [0, 0.1) is 0 Å². The van der Waals surface area contributed by atoms with Gasteiger partial charge in [-0.25, -0.2) is 0 Å². The lowest BCUT2D eigenvalue weighted by molar-refractivity contribution is -0.107. The highest BCUT2D eigenvalue weighted by Gasteiger charge is 2.16. The molecular weight excluding hydrogens is 216 g/mol. The van der Waals surface area contributed by atoms with E-state index in [9.17, 15) is 4.79 Å². The maximum absolute atomic E-state index is 10.1. The molecule has 1 heterocycles. The van der Waals surface area contributed by atoms with Gasteiger partial charge in [-0.3, -0.25) is 0 Å². The van der Waals surface area contributed by atoms with Crippen molar-refractivity contribution in [3.63, 3.8) is 0 Å². The van der Waals surface area contributed by atoms with Crippen LogP contribution in [0.25, 0.3) is 0 Å². The molecule has 0 amide bonds. The van der Waals surface area contributed by atoms with Crippen molar-refractivity contribution in [2.45, 2.75) is 25.7 Å². The minimum absolute atomic E-state index is 0.321. The van der Waals surface area contributed by atoms with Gasteiger partial charge in [0.05, 0.1) is 0 Å². The molecule has 0 fully saturated rings. The molecule has 0 bridgehead atoms. The molecule has 0 N–H and O–H groups in total. The number of hydrogen-bond donors (Lipinski definition) is 0. The molecule has 0 spiro atoms. The van der Waals surface area contributed by atoms with Gasteiger partial charge in [-0.2, -0.15) is 0 Å². The van der Waals surface area contributed by atoms with Crippen molar-refractivity contribution < 1.29 is 14.3 Å². The normalized spacial score (nSPS) is 13.2. The van der Waals surface area contributed by atoms with Gasteiger partial charge in [-0.15, -0.1) is 0 Å². The van der Waals surface area contributed by atoms with Crippen LogP contribution in [0.1, 0.15) is 24.8 Å². The Morgan fingerprint density at radius 3 is 2.88 bits per heavy atom. The van der Waals surface area contributed by atoms with Crippen LogP contribution >= 0.6 is 0 Å². The number of aryl methyl sites for hydroxylation is 1. The number of allylic oxidation sites excluding steroid dienone is 2. The molecule has 1 aliphatic rings. The molecular formula is C14H16O3. The predicted octanol–water partition coefficient (Wildman–Crippen LogP) is 2.88. The average molecular weight is 232 g/mol. The van der Waals surface area contributed by atoms with Crippen LogP contribution in [-0.2, 0) is 11.2 Å². The molecule has 0 aliphatic carbocycles. The van der Waals surface area contributed by atoms with E-state index in [1.54, 1.807) is 0 Å². The second-order valence-corrected chi connectivity index (χ2v) is 3.91. The van der Waals surface area contributed by atoms with Crippen LogP contribution in [0.15, 0.2) is 30.4 Å². The zero-order valence-electron chi connectivity index (χ0n) is 9.72. The Balaban J connectivity index is 1.85. The van der Waals surface area contributed by atoms with Crippen LogP contribution in [0.2, 0.25) is 0 Å². The van der Waals surface area contributed by atoms with E-state index in [4.69, 9.17) is 9.47 Å². The van der Waals surface area contributed by atoms with Crippen LogP contribution in [0.5, 0.6) is 11.5 Å². The first-order chi connectivity index (χ1) is 8.42. The Labute approximate surface area is 101 Å². The first kappa shape index (κ1) is 11.7. The van der Waals surface area contributed by atoms with Gasteiger partial charge in [0.1, 0.15) is 6.29 Å². The summed E-state index contributed by atoms with van der Waals surface area (Å²) in [6, 6.07) is 5.97. The molecule has 17 heavy (non-hydrogen) atoms. The number of carbonyl (C=O) groups excluding carboxylic acids is 1. The monoisotopic (exact) mass is 232 g/mol. The SMILES string of the molecule is O=CCCC=CCCc1cccc2c1OCO2. The third kappa shape index (κ3) is 3.09. The maximum atomic E-state index is 10.1. The molecule has 1 aliphatic heterocycles. The Bertz CT molecular complexity index is 410. The number of rotatable bonds is 6. The summed E-state index contributed by atoms with van der Waals surface area (Å²) in [5, 5.41) is 0. The molecule has 1 aromatic rings. The van der Waals surface area contributed by atoms with Gasteiger partial charge in [0, 0.05) is 6.42 Å². The Morgan fingerprint density at radius 1 is 1.12 bits per heavy atom. The minimum atomic E-state index is 0.321. The van der Waals surface area contributed by atoms with Crippen LogP contribution < -0.4 is 9.47 Å². The van der Waals surface area contributed by atoms with Gasteiger partial charge in [0.2, 0.25) is 6.79 Å². The zero-order valence-corrected chi connectivity index (χ0v) is 9.72. The highest BCUT2D eigenvalue weighted by molar-refractivity contribution is 5.49. The lowest BCUT2D eigenvalue weighted by Gasteiger charge is -2.03. The van der Waals surface area contributed by atoms with E-state index in [1.165, 1.54) is 5.56 Å². The molecule has 0 unspecified atom stereocenters. The zero-order chi connectivity index (χ0) is 11.9. The van der Waals surface area contributed by atoms with Crippen molar-refractivity contribution in [1.29, 1.82) is 0 Å². The van der Waals surface area contributed by atoms with Gasteiger partial charge in [0.15, 0.2) is 11.5 Å². The molecule has 1 aromatic carbocycles. The largest absolute Gasteiger partial charge is 0.454 e. The number of hydrogen-bond acceptors (Lipinski definition) is 3. The van der Waals surface area contributed by atoms with E-state index in [-0.39, 0.29) is 0 Å². The Morgan fingerprint density at radius 2 is 2.00 bits per heavy atom. The van der Waals surface area contributed by atoms with Gasteiger partial charge in [-0.1, -0.05) is 24.3 Å². The third-order valence-corrected chi connectivity index (χ3v) is 2.68. The lowest BCUT2D eigenvalue weighted by atomic mass is 10.1. The van der Waals surface area contributed by atoms with Crippen molar-refractivity contribution in [3.8, 4) is 11.5 Å². The summed E-state index contributed by atoms with van der Waals surface area (Å²) in [4.78, 5) is 10.1. The first-order valence-electron chi connectivity index (χ1n) is 5.88. The fourth-order valence-corrected chi connectivity index (χ4v) is 1.83. The number of carbonyl (C=O) groups is 1. The fraction of sp³-hybridized carbons (Fsp3) is 0.357. The van der Waals surface area contributed by atoms with E-state index in [2.05, 4.69) is 18.2 Å². The molecule has 0 aromatic heterocycles. The molecule has 3 heteroatoms. The Hall–Kier alpha value is -1.77. The van der Waals surface area contributed by atoms with Crippen molar-refractivity contribution in [3.05, 3.63) is 35.9 Å². The molecule has 2 rings (SSSR count). The first-order valence-corrected chi connectivity index (χ1v) is 5.88. The van der Waals surface area contributed by atoms with Crippen LogP contribution in [-0.4, -0.2) is 13.1 Å².